The van der Waals surface area contributed by atoms with Gasteiger partial charge in [-0.05, 0) is 49.2 Å². The van der Waals surface area contributed by atoms with E-state index in [2.05, 4.69) is 10.6 Å². The summed E-state index contributed by atoms with van der Waals surface area (Å²) >= 11 is 0. The Bertz CT molecular complexity index is 841. The number of carbonyl (C=O) groups is 2. The molecule has 1 saturated heterocycles. The van der Waals surface area contributed by atoms with Crippen LogP contribution < -0.4 is 16.4 Å². The van der Waals surface area contributed by atoms with E-state index in [0.29, 0.717) is 43.0 Å². The van der Waals surface area contributed by atoms with Crippen LogP contribution in [0.4, 0.5) is 15.8 Å². The maximum absolute atomic E-state index is 13.3. The molecule has 0 aliphatic carbocycles. The van der Waals surface area contributed by atoms with Crippen LogP contribution >= 0.6 is 12.4 Å². The van der Waals surface area contributed by atoms with Crippen molar-refractivity contribution in [1.29, 1.82) is 0 Å². The molecule has 1 heterocycles. The van der Waals surface area contributed by atoms with Crippen LogP contribution in [0, 0.1) is 11.2 Å². The molecule has 0 atom stereocenters. The van der Waals surface area contributed by atoms with Crippen LogP contribution in [0.1, 0.15) is 23.2 Å². The molecule has 6 nitrogen and oxygen atoms in total. The van der Waals surface area contributed by atoms with Crippen molar-refractivity contribution in [3.8, 4) is 0 Å². The Morgan fingerprint density at radius 3 is 2.32 bits per heavy atom. The van der Waals surface area contributed by atoms with E-state index in [0.717, 1.165) is 0 Å². The highest BCUT2D eigenvalue weighted by molar-refractivity contribution is 6.05. The average molecular weight is 408 g/mol. The number of halogens is 2. The summed E-state index contributed by atoms with van der Waals surface area (Å²) in [5, 5.41) is 5.49. The second-order valence-corrected chi connectivity index (χ2v) is 6.60. The number of hydrogen-bond acceptors (Lipinski definition) is 4. The summed E-state index contributed by atoms with van der Waals surface area (Å²) in [6, 6.07) is 12.2. The normalized spacial score (nSPS) is 15.2. The lowest BCUT2D eigenvalue weighted by molar-refractivity contribution is -0.130. The quantitative estimate of drug-likeness (QED) is 0.709. The van der Waals surface area contributed by atoms with Gasteiger partial charge in [0.25, 0.3) is 5.91 Å². The van der Waals surface area contributed by atoms with Crippen LogP contribution in [0.5, 0.6) is 0 Å². The van der Waals surface area contributed by atoms with E-state index >= 15 is 0 Å². The summed E-state index contributed by atoms with van der Waals surface area (Å²) in [5.41, 5.74) is 6.42. The zero-order valence-corrected chi connectivity index (χ0v) is 16.1. The van der Waals surface area contributed by atoms with Gasteiger partial charge in [-0.3, -0.25) is 9.59 Å². The topological polar surface area (TPSA) is 93.5 Å². The Hall–Kier alpha value is -2.48. The number of nitrogens with two attached hydrogens (primary N) is 1. The number of benzene rings is 2. The monoisotopic (exact) mass is 407 g/mol. The summed E-state index contributed by atoms with van der Waals surface area (Å²) < 4.78 is 18.6. The van der Waals surface area contributed by atoms with Crippen LogP contribution in [0.3, 0.4) is 0 Å². The molecule has 8 heteroatoms. The summed E-state index contributed by atoms with van der Waals surface area (Å²) in [7, 11) is 0. The Kier molecular flexibility index (Phi) is 7.51. The maximum Gasteiger partial charge on any atom is 0.255 e. The minimum atomic E-state index is -0.655. The van der Waals surface area contributed by atoms with Gasteiger partial charge in [0, 0.05) is 36.7 Å². The molecule has 2 aromatic rings. The molecule has 2 amide bonds. The fourth-order valence-electron chi connectivity index (χ4n) is 3.06. The lowest BCUT2D eigenvalue weighted by Gasteiger charge is -2.34. The number of anilines is 2. The first-order chi connectivity index (χ1) is 13.0. The Balaban J connectivity index is 0.00000280. The highest BCUT2D eigenvalue weighted by Crippen LogP contribution is 2.31. The Morgan fingerprint density at radius 1 is 1.04 bits per heavy atom. The summed E-state index contributed by atoms with van der Waals surface area (Å²) in [6.07, 6.45) is 1.13. The lowest BCUT2D eigenvalue weighted by atomic mass is 9.79. The number of hydrogen-bond donors (Lipinski definition) is 3. The molecule has 0 unspecified atom stereocenters. The van der Waals surface area contributed by atoms with Crippen LogP contribution in [0.15, 0.2) is 48.5 Å². The summed E-state index contributed by atoms with van der Waals surface area (Å²) in [5.74, 6) is -0.996. The summed E-state index contributed by atoms with van der Waals surface area (Å²) in [6.45, 7) is 1.24. The zero-order chi connectivity index (χ0) is 19.3. The van der Waals surface area contributed by atoms with Crippen LogP contribution in [0.2, 0.25) is 0 Å². The first-order valence-corrected chi connectivity index (χ1v) is 8.79. The standard InChI is InChI=1S/C20H22FN3O3.ClH/c21-15-4-2-6-17(12-15)23-18(25)14-3-1-5-16(11-14)24-19(26)20(13-22)7-9-27-10-8-20;/h1-6,11-12H,7-10,13,22H2,(H,23,25)(H,24,26);1H. The minimum Gasteiger partial charge on any atom is -0.381 e. The van der Waals surface area contributed by atoms with E-state index in [4.69, 9.17) is 10.5 Å². The van der Waals surface area contributed by atoms with Gasteiger partial charge in [-0.1, -0.05) is 12.1 Å². The van der Waals surface area contributed by atoms with Crippen molar-refractivity contribution < 1.29 is 18.7 Å². The van der Waals surface area contributed by atoms with Crippen molar-refractivity contribution >= 4 is 35.6 Å². The van der Waals surface area contributed by atoms with Crippen LogP contribution in [-0.4, -0.2) is 31.6 Å². The van der Waals surface area contributed by atoms with Gasteiger partial charge in [0.15, 0.2) is 0 Å². The molecule has 0 spiro atoms. The number of carbonyl (C=O) groups excluding carboxylic acids is 2. The Morgan fingerprint density at radius 2 is 1.68 bits per heavy atom. The smallest absolute Gasteiger partial charge is 0.255 e. The Labute approximate surface area is 169 Å². The molecule has 0 radical (unpaired) electrons. The number of amides is 2. The lowest BCUT2D eigenvalue weighted by Crippen LogP contribution is -2.46. The van der Waals surface area contributed by atoms with Gasteiger partial charge in [-0.15, -0.1) is 12.4 Å². The molecule has 0 saturated carbocycles. The predicted molar refractivity (Wildman–Crippen MR) is 108 cm³/mol. The van der Waals surface area contributed by atoms with Gasteiger partial charge in [0.1, 0.15) is 5.82 Å². The highest BCUT2D eigenvalue weighted by Gasteiger charge is 2.38. The highest BCUT2D eigenvalue weighted by atomic mass is 35.5. The molecular weight excluding hydrogens is 385 g/mol. The van der Waals surface area contributed by atoms with Gasteiger partial charge in [-0.25, -0.2) is 4.39 Å². The molecule has 1 aliphatic heterocycles. The van der Waals surface area contributed by atoms with Crippen LogP contribution in [-0.2, 0) is 9.53 Å². The third kappa shape index (κ3) is 5.07. The van der Waals surface area contributed by atoms with Crippen molar-refractivity contribution in [2.24, 2.45) is 11.1 Å². The number of nitrogens with one attached hydrogen (secondary N) is 2. The third-order valence-corrected chi connectivity index (χ3v) is 4.79. The minimum absolute atomic E-state index is 0. The molecule has 1 aliphatic rings. The van der Waals surface area contributed by atoms with Crippen molar-refractivity contribution in [3.05, 3.63) is 59.9 Å². The molecule has 0 bridgehead atoms. The van der Waals surface area contributed by atoms with E-state index < -0.39 is 17.1 Å². The van der Waals surface area contributed by atoms with Gasteiger partial charge in [0.2, 0.25) is 5.91 Å². The SMILES string of the molecule is Cl.NCC1(C(=O)Nc2cccc(C(=O)Nc3cccc(F)c3)c2)CCOCC1. The third-order valence-electron chi connectivity index (χ3n) is 4.79. The van der Waals surface area contributed by atoms with Crippen molar-refractivity contribution in [1.82, 2.24) is 0 Å². The van der Waals surface area contributed by atoms with Gasteiger partial charge in [0.05, 0.1) is 5.41 Å². The molecule has 2 aromatic carbocycles. The number of ether oxygens (including phenoxy) is 1. The summed E-state index contributed by atoms with van der Waals surface area (Å²) in [4.78, 5) is 25.1. The molecule has 28 heavy (non-hydrogen) atoms. The van der Waals surface area contributed by atoms with E-state index in [1.807, 2.05) is 0 Å². The van der Waals surface area contributed by atoms with E-state index in [1.165, 1.54) is 18.2 Å². The van der Waals surface area contributed by atoms with Crippen molar-refractivity contribution in [2.75, 3.05) is 30.4 Å². The van der Waals surface area contributed by atoms with Crippen molar-refractivity contribution in [3.63, 3.8) is 0 Å². The molecule has 150 valence electrons. The molecular formula is C20H23ClFN3O3. The maximum atomic E-state index is 13.3. The first kappa shape index (κ1) is 21.8. The largest absolute Gasteiger partial charge is 0.381 e. The van der Waals surface area contributed by atoms with Gasteiger partial charge >= 0.3 is 0 Å². The van der Waals surface area contributed by atoms with Crippen molar-refractivity contribution in [2.45, 2.75) is 12.8 Å². The molecule has 4 N–H and O–H groups in total. The molecule has 0 aromatic heterocycles. The van der Waals surface area contributed by atoms with Gasteiger partial charge < -0.3 is 21.1 Å². The second kappa shape index (κ2) is 9.64. The fourth-order valence-corrected chi connectivity index (χ4v) is 3.06. The molecule has 1 fully saturated rings. The fraction of sp³-hybridized carbons (Fsp3) is 0.300. The van der Waals surface area contributed by atoms with Crippen LogP contribution in [0.25, 0.3) is 0 Å². The second-order valence-electron chi connectivity index (χ2n) is 6.60. The van der Waals surface area contributed by atoms with E-state index in [-0.39, 0.29) is 24.9 Å². The molecule has 3 rings (SSSR count). The first-order valence-electron chi connectivity index (χ1n) is 8.79. The van der Waals surface area contributed by atoms with Gasteiger partial charge in [-0.2, -0.15) is 0 Å². The average Bonchev–Trinajstić information content (AvgIpc) is 2.68. The predicted octanol–water partition coefficient (Wildman–Crippen LogP) is 3.19. The zero-order valence-electron chi connectivity index (χ0n) is 15.2. The van der Waals surface area contributed by atoms with E-state index in [9.17, 15) is 14.0 Å². The number of rotatable bonds is 5. The van der Waals surface area contributed by atoms with E-state index in [1.54, 1.807) is 30.3 Å².